The predicted molar refractivity (Wildman–Crippen MR) is 84.5 cm³/mol. The standard InChI is InChI=1S/C16H20N2O2S/c1-16(2,3)15-18-12(10-21-15)13(14(19)20)17-9-11-7-5-4-6-8-11/h4-8,10,13,17H,9H2,1-3H3,(H,19,20). The van der Waals surface area contributed by atoms with Gasteiger partial charge in [-0.05, 0) is 5.56 Å². The van der Waals surface area contributed by atoms with E-state index in [0.717, 1.165) is 10.6 Å². The predicted octanol–water partition coefficient (Wildman–Crippen LogP) is 3.36. The summed E-state index contributed by atoms with van der Waals surface area (Å²) >= 11 is 1.51. The summed E-state index contributed by atoms with van der Waals surface area (Å²) in [6, 6.07) is 8.97. The van der Waals surface area contributed by atoms with Crippen LogP contribution in [-0.4, -0.2) is 16.1 Å². The van der Waals surface area contributed by atoms with Gasteiger partial charge in [-0.15, -0.1) is 11.3 Å². The van der Waals surface area contributed by atoms with Gasteiger partial charge in [0.05, 0.1) is 10.7 Å². The molecule has 2 rings (SSSR count). The van der Waals surface area contributed by atoms with Crippen molar-refractivity contribution in [3.8, 4) is 0 Å². The fraction of sp³-hybridized carbons (Fsp3) is 0.375. The molecule has 0 saturated heterocycles. The van der Waals surface area contributed by atoms with Crippen LogP contribution in [0.15, 0.2) is 35.7 Å². The van der Waals surface area contributed by atoms with Gasteiger partial charge >= 0.3 is 5.97 Å². The number of thiazole rings is 1. The third-order valence-corrected chi connectivity index (χ3v) is 4.35. The third kappa shape index (κ3) is 4.12. The number of carboxylic acids is 1. The zero-order chi connectivity index (χ0) is 15.5. The molecule has 0 amide bonds. The normalized spacial score (nSPS) is 13.1. The van der Waals surface area contributed by atoms with Crippen molar-refractivity contribution in [2.45, 2.75) is 38.8 Å². The summed E-state index contributed by atoms with van der Waals surface area (Å²) in [5.41, 5.74) is 1.56. The largest absolute Gasteiger partial charge is 0.480 e. The number of nitrogens with one attached hydrogen (secondary N) is 1. The molecule has 21 heavy (non-hydrogen) atoms. The summed E-state index contributed by atoms with van der Waals surface area (Å²) in [5, 5.41) is 15.3. The number of aromatic nitrogens is 1. The number of hydrogen-bond acceptors (Lipinski definition) is 4. The minimum absolute atomic E-state index is 0.0641. The lowest BCUT2D eigenvalue weighted by atomic mass is 9.98. The van der Waals surface area contributed by atoms with Gasteiger partial charge in [0.1, 0.15) is 6.04 Å². The van der Waals surface area contributed by atoms with Crippen molar-refractivity contribution in [1.82, 2.24) is 10.3 Å². The Balaban J connectivity index is 2.12. The molecule has 0 spiro atoms. The minimum atomic E-state index is -0.906. The fourth-order valence-corrected chi connectivity index (χ4v) is 2.83. The highest BCUT2D eigenvalue weighted by atomic mass is 32.1. The molecule has 0 saturated carbocycles. The Morgan fingerprint density at radius 2 is 2.00 bits per heavy atom. The molecule has 2 N–H and O–H groups in total. The lowest BCUT2D eigenvalue weighted by Gasteiger charge is -2.15. The molecule has 1 unspecified atom stereocenters. The second-order valence-corrected chi connectivity index (χ2v) is 6.82. The van der Waals surface area contributed by atoms with Crippen molar-refractivity contribution in [1.29, 1.82) is 0 Å². The third-order valence-electron chi connectivity index (χ3n) is 3.06. The molecular weight excluding hydrogens is 284 g/mol. The maximum atomic E-state index is 11.5. The molecule has 1 aromatic carbocycles. The van der Waals surface area contributed by atoms with Crippen molar-refractivity contribution in [2.24, 2.45) is 0 Å². The van der Waals surface area contributed by atoms with Gasteiger partial charge in [0.15, 0.2) is 0 Å². The van der Waals surface area contributed by atoms with Gasteiger partial charge in [-0.25, -0.2) is 4.98 Å². The van der Waals surface area contributed by atoms with Crippen LogP contribution >= 0.6 is 11.3 Å². The fourth-order valence-electron chi connectivity index (χ4n) is 1.90. The molecular formula is C16H20N2O2S. The van der Waals surface area contributed by atoms with Crippen molar-refractivity contribution >= 4 is 17.3 Å². The van der Waals surface area contributed by atoms with E-state index in [2.05, 4.69) is 31.1 Å². The van der Waals surface area contributed by atoms with Crippen LogP contribution in [0, 0.1) is 0 Å². The summed E-state index contributed by atoms with van der Waals surface area (Å²) < 4.78 is 0. The number of aliphatic carboxylic acids is 1. The van der Waals surface area contributed by atoms with Gasteiger partial charge < -0.3 is 5.11 Å². The van der Waals surface area contributed by atoms with Crippen LogP contribution in [0.5, 0.6) is 0 Å². The summed E-state index contributed by atoms with van der Waals surface area (Å²) in [6.07, 6.45) is 0. The Morgan fingerprint density at radius 3 is 2.52 bits per heavy atom. The molecule has 5 heteroatoms. The first kappa shape index (κ1) is 15.7. The van der Waals surface area contributed by atoms with Crippen LogP contribution in [0.25, 0.3) is 0 Å². The summed E-state index contributed by atoms with van der Waals surface area (Å²) in [4.78, 5) is 16.0. The molecule has 2 aromatic rings. The average Bonchev–Trinajstić information content (AvgIpc) is 2.89. The maximum Gasteiger partial charge on any atom is 0.327 e. The maximum absolute atomic E-state index is 11.5. The minimum Gasteiger partial charge on any atom is -0.480 e. The molecule has 0 radical (unpaired) electrons. The molecule has 0 bridgehead atoms. The number of carboxylic acid groups (broad SMARTS) is 1. The highest BCUT2D eigenvalue weighted by Crippen LogP contribution is 2.27. The molecule has 0 aliphatic carbocycles. The molecule has 112 valence electrons. The first-order valence-corrected chi connectivity index (χ1v) is 7.72. The highest BCUT2D eigenvalue weighted by molar-refractivity contribution is 7.09. The van der Waals surface area contributed by atoms with E-state index in [1.165, 1.54) is 11.3 Å². The number of nitrogens with zero attached hydrogens (tertiary/aromatic N) is 1. The average molecular weight is 304 g/mol. The van der Waals surface area contributed by atoms with E-state index < -0.39 is 12.0 Å². The Morgan fingerprint density at radius 1 is 1.33 bits per heavy atom. The van der Waals surface area contributed by atoms with Crippen LogP contribution in [0.1, 0.15) is 43.1 Å². The van der Waals surface area contributed by atoms with E-state index in [1.807, 2.05) is 35.7 Å². The number of rotatable bonds is 5. The van der Waals surface area contributed by atoms with E-state index in [9.17, 15) is 9.90 Å². The van der Waals surface area contributed by atoms with Gasteiger partial charge in [0, 0.05) is 17.3 Å². The zero-order valence-electron chi connectivity index (χ0n) is 12.5. The summed E-state index contributed by atoms with van der Waals surface area (Å²) in [6.45, 7) is 6.72. The van der Waals surface area contributed by atoms with Crippen LogP contribution in [0.3, 0.4) is 0 Å². The van der Waals surface area contributed by atoms with Crippen molar-refractivity contribution in [2.75, 3.05) is 0 Å². The number of benzene rings is 1. The van der Waals surface area contributed by atoms with Gasteiger partial charge in [0.25, 0.3) is 0 Å². The van der Waals surface area contributed by atoms with Crippen LogP contribution in [0.2, 0.25) is 0 Å². The van der Waals surface area contributed by atoms with Crippen molar-refractivity contribution in [3.05, 3.63) is 52.0 Å². The Labute approximate surface area is 128 Å². The van der Waals surface area contributed by atoms with Crippen LogP contribution in [0.4, 0.5) is 0 Å². The first-order valence-electron chi connectivity index (χ1n) is 6.84. The van der Waals surface area contributed by atoms with Crippen LogP contribution < -0.4 is 5.32 Å². The van der Waals surface area contributed by atoms with E-state index in [1.54, 1.807) is 0 Å². The summed E-state index contributed by atoms with van der Waals surface area (Å²) in [5.74, 6) is -0.906. The van der Waals surface area contributed by atoms with Gasteiger partial charge in [-0.2, -0.15) is 0 Å². The molecule has 0 aliphatic rings. The van der Waals surface area contributed by atoms with Crippen LogP contribution in [-0.2, 0) is 16.8 Å². The quantitative estimate of drug-likeness (QED) is 0.889. The van der Waals surface area contributed by atoms with Gasteiger partial charge in [-0.1, -0.05) is 51.1 Å². The Kier molecular flexibility index (Phi) is 4.75. The molecule has 1 heterocycles. The topological polar surface area (TPSA) is 62.2 Å². The van der Waals surface area contributed by atoms with E-state index >= 15 is 0 Å². The zero-order valence-corrected chi connectivity index (χ0v) is 13.3. The Bertz CT molecular complexity index is 602. The highest BCUT2D eigenvalue weighted by Gasteiger charge is 2.25. The lowest BCUT2D eigenvalue weighted by Crippen LogP contribution is -2.28. The number of hydrogen-bond donors (Lipinski definition) is 2. The molecule has 4 nitrogen and oxygen atoms in total. The summed E-state index contributed by atoms with van der Waals surface area (Å²) in [7, 11) is 0. The van der Waals surface area contributed by atoms with E-state index in [-0.39, 0.29) is 5.41 Å². The van der Waals surface area contributed by atoms with Gasteiger partial charge in [-0.3, -0.25) is 10.1 Å². The molecule has 1 aromatic heterocycles. The molecule has 0 aliphatic heterocycles. The molecule has 0 fully saturated rings. The molecule has 1 atom stereocenters. The monoisotopic (exact) mass is 304 g/mol. The first-order chi connectivity index (χ1) is 9.88. The van der Waals surface area contributed by atoms with E-state index in [0.29, 0.717) is 12.2 Å². The number of carbonyl (C=O) groups is 1. The van der Waals surface area contributed by atoms with Gasteiger partial charge in [0.2, 0.25) is 0 Å². The Hall–Kier alpha value is -1.72. The second kappa shape index (κ2) is 6.37. The second-order valence-electron chi connectivity index (χ2n) is 5.97. The smallest absolute Gasteiger partial charge is 0.327 e. The van der Waals surface area contributed by atoms with Crippen molar-refractivity contribution in [3.63, 3.8) is 0 Å². The SMILES string of the molecule is CC(C)(C)c1nc(C(NCc2ccccc2)C(=O)O)cs1. The van der Waals surface area contributed by atoms with Crippen molar-refractivity contribution < 1.29 is 9.90 Å². The lowest BCUT2D eigenvalue weighted by molar-refractivity contribution is -0.139. The van der Waals surface area contributed by atoms with E-state index in [4.69, 9.17) is 0 Å².